The first-order valence-electron chi connectivity index (χ1n) is 24.1. The molecule has 2 spiro atoms. The molecule has 322 valence electrons. The summed E-state index contributed by atoms with van der Waals surface area (Å²) in [6, 6.07) is 6.11. The number of piperidine rings is 1. The van der Waals surface area contributed by atoms with Crippen LogP contribution in [0.5, 0.6) is 0 Å². The molecule has 0 aromatic carbocycles. The molecular weight excluding hydrogens is 683 g/mol. The maximum absolute atomic E-state index is 4.15. The van der Waals surface area contributed by atoms with Crippen molar-refractivity contribution < 1.29 is 0 Å². The van der Waals surface area contributed by atoms with Crippen molar-refractivity contribution in [3.05, 3.63) is 29.6 Å². The Hall–Kier alpha value is -1.01. The van der Waals surface area contributed by atoms with Crippen molar-refractivity contribution in [1.82, 2.24) is 24.6 Å². The van der Waals surface area contributed by atoms with E-state index in [-0.39, 0.29) is 7.43 Å². The van der Waals surface area contributed by atoms with Crippen LogP contribution in [0.1, 0.15) is 184 Å². The quantitative estimate of drug-likeness (QED) is 0.287. The Morgan fingerprint density at radius 3 is 1.71 bits per heavy atom. The maximum atomic E-state index is 4.15. The van der Waals surface area contributed by atoms with E-state index in [1.54, 1.807) is 25.7 Å². The van der Waals surface area contributed by atoms with Gasteiger partial charge in [-0.1, -0.05) is 40.5 Å². The number of fused-ring (bicyclic) bond motifs is 4. The molecule has 5 aliphatic carbocycles. The molecule has 4 atom stereocenters. The van der Waals surface area contributed by atoms with Crippen molar-refractivity contribution in [1.29, 1.82) is 0 Å². The number of aromatic nitrogens is 1. The first-order chi connectivity index (χ1) is 26.2. The molecule has 2 bridgehead atoms. The molecule has 56 heavy (non-hydrogen) atoms. The van der Waals surface area contributed by atoms with E-state index in [4.69, 9.17) is 0 Å². The zero-order valence-electron chi connectivity index (χ0n) is 38.0. The van der Waals surface area contributed by atoms with E-state index in [0.29, 0.717) is 6.04 Å². The average Bonchev–Trinajstić information content (AvgIpc) is 3.88. The van der Waals surface area contributed by atoms with Gasteiger partial charge in [0.05, 0.1) is 0 Å². The first kappa shape index (κ1) is 46.1. The van der Waals surface area contributed by atoms with Gasteiger partial charge in [-0.3, -0.25) is 19.7 Å². The van der Waals surface area contributed by atoms with Gasteiger partial charge in [0.15, 0.2) is 0 Å². The summed E-state index contributed by atoms with van der Waals surface area (Å²) in [5, 5.41) is 0. The Kier molecular flexibility index (Phi) is 16.9. The van der Waals surface area contributed by atoms with E-state index in [1.165, 1.54) is 121 Å². The molecule has 5 heteroatoms. The highest BCUT2D eigenvalue weighted by molar-refractivity contribution is 5.25. The molecule has 5 heterocycles. The zero-order chi connectivity index (χ0) is 39.3. The standard InChI is InChI=1S/C11H16N2.C11H20.C10H19N.2C9H17N.CH4/c1-9(2)13-6-4-10-7-12-5-3-11(10)8-13;1-9(2)6-10-7-11(8-10)4-3-5-11;1-8(2)11-6-9-4-3-5-10(9)7-11;1-7(2)10-6-8-3-4-9(10)5-8;1-8(2)10-6-9(7-10)4-3-5-9;/h3,5,7,9H,4,6,8H2,1-2H3;9-10H,3-8H2,1-2H3;8-10H,3-7H2,1-2H3;7-9H,3-6H2,1-2H3;8H,3-7H2,1-2H3;1H4. The van der Waals surface area contributed by atoms with E-state index in [9.17, 15) is 0 Å². The Bertz CT molecular complexity index is 1270. The SMILES string of the molecule is C.CC(C)CC1CC2(CCC2)C1.CC(C)N1CC2(CCC2)C1.CC(C)N1CC2CCC1C2.CC(C)N1CC2CCCC2C1.CC(C)N1CCc2cnccc2C1. The van der Waals surface area contributed by atoms with Gasteiger partial charge in [0, 0.05) is 88.4 Å². The van der Waals surface area contributed by atoms with Crippen LogP contribution in [0.4, 0.5) is 0 Å². The van der Waals surface area contributed by atoms with Gasteiger partial charge in [-0.25, -0.2) is 0 Å². The second-order valence-electron chi connectivity index (χ2n) is 22.2. The third kappa shape index (κ3) is 11.8. The minimum Gasteiger partial charge on any atom is -0.300 e. The van der Waals surface area contributed by atoms with Crippen molar-refractivity contribution in [2.24, 2.45) is 40.4 Å². The van der Waals surface area contributed by atoms with Crippen LogP contribution in [-0.2, 0) is 13.0 Å². The summed E-state index contributed by atoms with van der Waals surface area (Å²) in [7, 11) is 0. The molecular formula is C51H93N5. The second kappa shape index (κ2) is 20.5. The molecule has 0 radical (unpaired) electrons. The summed E-state index contributed by atoms with van der Waals surface area (Å²) in [6.45, 7) is 32.3. The van der Waals surface area contributed by atoms with Gasteiger partial charge in [-0.2, -0.15) is 0 Å². The summed E-state index contributed by atoms with van der Waals surface area (Å²) in [6.07, 6.45) is 27.8. The van der Waals surface area contributed by atoms with Gasteiger partial charge in [-0.15, -0.1) is 0 Å². The fraction of sp³-hybridized carbons (Fsp3) is 0.902. The lowest BCUT2D eigenvalue weighted by Gasteiger charge is -2.57. The van der Waals surface area contributed by atoms with Gasteiger partial charge in [0.1, 0.15) is 0 Å². The van der Waals surface area contributed by atoms with Crippen LogP contribution in [0.2, 0.25) is 0 Å². The third-order valence-corrected chi connectivity index (χ3v) is 16.3. The highest BCUT2D eigenvalue weighted by Gasteiger charge is 2.48. The van der Waals surface area contributed by atoms with Gasteiger partial charge in [0.2, 0.25) is 0 Å². The van der Waals surface area contributed by atoms with Gasteiger partial charge < -0.3 is 4.90 Å². The highest BCUT2D eigenvalue weighted by atomic mass is 15.2. The lowest BCUT2D eigenvalue weighted by atomic mass is 9.51. The van der Waals surface area contributed by atoms with E-state index in [0.717, 1.165) is 77.6 Å². The molecule has 5 saturated carbocycles. The largest absolute Gasteiger partial charge is 0.300 e. The first-order valence-corrected chi connectivity index (χ1v) is 24.1. The molecule has 5 nitrogen and oxygen atoms in total. The van der Waals surface area contributed by atoms with Crippen LogP contribution < -0.4 is 0 Å². The lowest BCUT2D eigenvalue weighted by molar-refractivity contribution is -0.0758. The van der Waals surface area contributed by atoms with Crippen LogP contribution >= 0.6 is 0 Å². The fourth-order valence-electron chi connectivity index (χ4n) is 12.4. The molecule has 3 saturated heterocycles. The summed E-state index contributed by atoms with van der Waals surface area (Å²) in [5.74, 6) is 5.23. The highest BCUT2D eigenvalue weighted by Crippen LogP contribution is 2.60. The molecule has 0 amide bonds. The molecule has 9 aliphatic rings. The van der Waals surface area contributed by atoms with E-state index in [1.807, 2.05) is 12.4 Å². The Balaban J connectivity index is 0.000000134. The van der Waals surface area contributed by atoms with Crippen LogP contribution in [0.25, 0.3) is 0 Å². The Morgan fingerprint density at radius 2 is 1.27 bits per heavy atom. The molecule has 8 fully saturated rings. The van der Waals surface area contributed by atoms with Gasteiger partial charge >= 0.3 is 0 Å². The van der Waals surface area contributed by atoms with Crippen LogP contribution in [-0.4, -0.2) is 94.1 Å². The number of rotatable bonds is 6. The van der Waals surface area contributed by atoms with Crippen molar-refractivity contribution in [3.8, 4) is 0 Å². The lowest BCUT2D eigenvalue weighted by Crippen LogP contribution is -2.61. The number of pyridine rings is 1. The summed E-state index contributed by atoms with van der Waals surface area (Å²) in [4.78, 5) is 14.6. The van der Waals surface area contributed by atoms with Crippen molar-refractivity contribution in [2.45, 2.75) is 216 Å². The van der Waals surface area contributed by atoms with Crippen molar-refractivity contribution >= 4 is 0 Å². The summed E-state index contributed by atoms with van der Waals surface area (Å²) < 4.78 is 0. The number of hydrogen-bond donors (Lipinski definition) is 0. The minimum absolute atomic E-state index is 0. The third-order valence-electron chi connectivity index (χ3n) is 16.3. The molecule has 1 aromatic rings. The molecule has 4 aliphatic heterocycles. The molecule has 4 unspecified atom stereocenters. The van der Waals surface area contributed by atoms with Crippen LogP contribution in [0.3, 0.4) is 0 Å². The van der Waals surface area contributed by atoms with E-state index >= 15 is 0 Å². The topological polar surface area (TPSA) is 25.9 Å². The predicted molar refractivity (Wildman–Crippen MR) is 242 cm³/mol. The number of nitrogens with zero attached hydrogens (tertiary/aromatic N) is 5. The molecule has 10 rings (SSSR count). The van der Waals surface area contributed by atoms with Crippen LogP contribution in [0, 0.1) is 40.4 Å². The fourth-order valence-corrected chi connectivity index (χ4v) is 12.4. The average molecular weight is 776 g/mol. The maximum Gasteiger partial charge on any atom is 0.0303 e. The smallest absolute Gasteiger partial charge is 0.0303 e. The van der Waals surface area contributed by atoms with Gasteiger partial charge in [-0.05, 0) is 196 Å². The van der Waals surface area contributed by atoms with E-state index in [2.05, 4.69) is 99.9 Å². The molecule has 1 aromatic heterocycles. The number of likely N-dealkylation sites (tertiary alicyclic amines) is 3. The monoisotopic (exact) mass is 776 g/mol. The van der Waals surface area contributed by atoms with E-state index < -0.39 is 0 Å². The number of hydrogen-bond acceptors (Lipinski definition) is 5. The van der Waals surface area contributed by atoms with Crippen molar-refractivity contribution in [2.75, 3.05) is 39.3 Å². The predicted octanol–water partition coefficient (Wildman–Crippen LogP) is 12.0. The summed E-state index contributed by atoms with van der Waals surface area (Å²) in [5.41, 5.74) is 4.61. The minimum atomic E-state index is 0. The van der Waals surface area contributed by atoms with Gasteiger partial charge in [0.25, 0.3) is 0 Å². The van der Waals surface area contributed by atoms with Crippen molar-refractivity contribution in [3.63, 3.8) is 0 Å². The zero-order valence-corrected chi connectivity index (χ0v) is 38.0. The normalized spacial score (nSPS) is 29.8. The summed E-state index contributed by atoms with van der Waals surface area (Å²) >= 11 is 0. The van der Waals surface area contributed by atoms with Crippen LogP contribution in [0.15, 0.2) is 18.5 Å². The Labute approximate surface area is 348 Å². The molecule has 0 N–H and O–H groups in total. The Morgan fingerprint density at radius 1 is 0.661 bits per heavy atom. The second-order valence-corrected chi connectivity index (χ2v) is 22.2.